The maximum atomic E-state index is 11.2. The van der Waals surface area contributed by atoms with Gasteiger partial charge in [-0.1, -0.05) is 24.3 Å². The zero-order valence-electron chi connectivity index (χ0n) is 13.2. The van der Waals surface area contributed by atoms with Crippen LogP contribution in [0.3, 0.4) is 0 Å². The number of benzene rings is 1. The fourth-order valence-corrected chi connectivity index (χ4v) is 2.93. The molecule has 1 N–H and O–H groups in total. The van der Waals surface area contributed by atoms with E-state index in [2.05, 4.69) is 33.2 Å². The fraction of sp³-hybridized carbons (Fsp3) is 0.263. The van der Waals surface area contributed by atoms with Gasteiger partial charge in [-0.25, -0.2) is 4.79 Å². The molecule has 1 aliphatic rings. The summed E-state index contributed by atoms with van der Waals surface area (Å²) in [4.78, 5) is 15.3. The summed E-state index contributed by atoms with van der Waals surface area (Å²) < 4.78 is 4.61. The Hall–Kier alpha value is -2.46. The largest absolute Gasteiger partial charge is 0.466 e. The fourth-order valence-electron chi connectivity index (χ4n) is 2.93. The second-order valence-electron chi connectivity index (χ2n) is 5.65. The first kappa shape index (κ1) is 15.4. The summed E-state index contributed by atoms with van der Waals surface area (Å²) in [6.07, 6.45) is 9.08. The lowest BCUT2D eigenvalue weighted by molar-refractivity contribution is -0.134. The lowest BCUT2D eigenvalue weighted by Crippen LogP contribution is -2.18. The normalized spacial score (nSPS) is 16.5. The SMILES string of the molecule is COC(=O)/C=C/c1ccc2c(c1)CCC2NCc1cccnc1. The monoisotopic (exact) mass is 308 g/mol. The molecule has 0 radical (unpaired) electrons. The molecular formula is C19H20N2O2. The van der Waals surface area contributed by atoms with Crippen LogP contribution in [0.1, 0.15) is 34.7 Å². The molecule has 4 heteroatoms. The van der Waals surface area contributed by atoms with Crippen molar-refractivity contribution >= 4 is 12.0 Å². The second-order valence-corrected chi connectivity index (χ2v) is 5.65. The van der Waals surface area contributed by atoms with Gasteiger partial charge in [0.25, 0.3) is 0 Å². The van der Waals surface area contributed by atoms with Crippen LogP contribution in [0, 0.1) is 0 Å². The smallest absolute Gasteiger partial charge is 0.330 e. The Morgan fingerprint density at radius 3 is 3.13 bits per heavy atom. The number of hydrogen-bond acceptors (Lipinski definition) is 4. The number of aryl methyl sites for hydroxylation is 1. The van der Waals surface area contributed by atoms with Crippen LogP contribution < -0.4 is 5.32 Å². The van der Waals surface area contributed by atoms with Crippen LogP contribution in [0.5, 0.6) is 0 Å². The number of carbonyl (C=O) groups excluding carboxylic acids is 1. The molecule has 0 bridgehead atoms. The minimum atomic E-state index is -0.332. The Labute approximate surface area is 136 Å². The molecule has 0 fully saturated rings. The molecule has 1 aliphatic carbocycles. The van der Waals surface area contributed by atoms with Crippen molar-refractivity contribution in [3.8, 4) is 0 Å². The summed E-state index contributed by atoms with van der Waals surface area (Å²) in [5.74, 6) is -0.332. The van der Waals surface area contributed by atoms with Crippen molar-refractivity contribution in [3.05, 3.63) is 71.1 Å². The highest BCUT2D eigenvalue weighted by Gasteiger charge is 2.21. The topological polar surface area (TPSA) is 51.2 Å². The molecule has 1 unspecified atom stereocenters. The number of esters is 1. The van der Waals surface area contributed by atoms with Gasteiger partial charge in [-0.3, -0.25) is 4.98 Å². The minimum absolute atomic E-state index is 0.332. The molecule has 1 aromatic carbocycles. The van der Waals surface area contributed by atoms with Gasteiger partial charge in [-0.2, -0.15) is 0 Å². The van der Waals surface area contributed by atoms with Crippen LogP contribution >= 0.6 is 0 Å². The van der Waals surface area contributed by atoms with Crippen molar-refractivity contribution in [2.45, 2.75) is 25.4 Å². The number of pyridine rings is 1. The van der Waals surface area contributed by atoms with Gasteiger partial charge in [0.1, 0.15) is 0 Å². The van der Waals surface area contributed by atoms with E-state index in [4.69, 9.17) is 0 Å². The first-order valence-corrected chi connectivity index (χ1v) is 7.77. The number of nitrogens with one attached hydrogen (secondary N) is 1. The highest BCUT2D eigenvalue weighted by molar-refractivity contribution is 5.86. The average Bonchev–Trinajstić information content (AvgIpc) is 3.01. The predicted molar refractivity (Wildman–Crippen MR) is 89.6 cm³/mol. The summed E-state index contributed by atoms with van der Waals surface area (Å²) in [7, 11) is 1.38. The summed E-state index contributed by atoms with van der Waals surface area (Å²) in [5, 5.41) is 3.60. The lowest BCUT2D eigenvalue weighted by atomic mass is 10.0. The van der Waals surface area contributed by atoms with Gasteiger partial charge < -0.3 is 10.1 Å². The Morgan fingerprint density at radius 2 is 2.35 bits per heavy atom. The third kappa shape index (κ3) is 3.85. The third-order valence-electron chi connectivity index (χ3n) is 4.13. The van der Waals surface area contributed by atoms with E-state index in [-0.39, 0.29) is 5.97 Å². The summed E-state index contributed by atoms with van der Waals surface area (Å²) in [5.41, 5.74) is 4.92. The number of aromatic nitrogens is 1. The molecule has 3 rings (SSSR count). The number of fused-ring (bicyclic) bond motifs is 1. The molecule has 118 valence electrons. The zero-order valence-corrected chi connectivity index (χ0v) is 13.2. The van der Waals surface area contributed by atoms with Gasteiger partial charge in [0.15, 0.2) is 0 Å². The van der Waals surface area contributed by atoms with Crippen LogP contribution in [0.25, 0.3) is 6.08 Å². The second kappa shape index (κ2) is 7.20. The molecule has 0 aliphatic heterocycles. The maximum absolute atomic E-state index is 11.2. The lowest BCUT2D eigenvalue weighted by Gasteiger charge is -2.14. The van der Waals surface area contributed by atoms with Gasteiger partial charge in [-0.05, 0) is 47.2 Å². The minimum Gasteiger partial charge on any atom is -0.466 e. The first-order chi connectivity index (χ1) is 11.3. The Morgan fingerprint density at radius 1 is 1.43 bits per heavy atom. The van der Waals surface area contributed by atoms with Gasteiger partial charge in [0.2, 0.25) is 0 Å². The van der Waals surface area contributed by atoms with Gasteiger partial charge in [-0.15, -0.1) is 0 Å². The Kier molecular flexibility index (Phi) is 4.83. The third-order valence-corrected chi connectivity index (χ3v) is 4.13. The molecule has 1 aromatic heterocycles. The average molecular weight is 308 g/mol. The van der Waals surface area contributed by atoms with Crippen LogP contribution in [-0.2, 0) is 22.5 Å². The van der Waals surface area contributed by atoms with Gasteiger partial charge >= 0.3 is 5.97 Å². The molecule has 0 saturated heterocycles. The molecule has 1 atom stereocenters. The summed E-state index contributed by atoms with van der Waals surface area (Å²) in [6.45, 7) is 0.821. The van der Waals surface area contributed by atoms with E-state index in [0.29, 0.717) is 6.04 Å². The molecule has 2 aromatic rings. The number of ether oxygens (including phenoxy) is 1. The van der Waals surface area contributed by atoms with Crippen LogP contribution in [-0.4, -0.2) is 18.1 Å². The van der Waals surface area contributed by atoms with Crippen molar-refractivity contribution in [2.75, 3.05) is 7.11 Å². The van der Waals surface area contributed by atoms with Crippen LogP contribution in [0.15, 0.2) is 48.8 Å². The highest BCUT2D eigenvalue weighted by Crippen LogP contribution is 2.32. The first-order valence-electron chi connectivity index (χ1n) is 7.77. The van der Waals surface area contributed by atoms with E-state index < -0.39 is 0 Å². The van der Waals surface area contributed by atoms with Crippen molar-refractivity contribution in [3.63, 3.8) is 0 Å². The van der Waals surface area contributed by atoms with Crippen molar-refractivity contribution in [1.82, 2.24) is 10.3 Å². The van der Waals surface area contributed by atoms with E-state index in [1.807, 2.05) is 18.3 Å². The van der Waals surface area contributed by atoms with Crippen LogP contribution in [0.2, 0.25) is 0 Å². The zero-order chi connectivity index (χ0) is 16.1. The summed E-state index contributed by atoms with van der Waals surface area (Å²) >= 11 is 0. The molecular weight excluding hydrogens is 288 g/mol. The van der Waals surface area contributed by atoms with E-state index in [9.17, 15) is 4.79 Å². The van der Waals surface area contributed by atoms with E-state index in [0.717, 1.165) is 24.9 Å². The van der Waals surface area contributed by atoms with Gasteiger partial charge in [0, 0.05) is 31.1 Å². The number of methoxy groups -OCH3 is 1. The number of nitrogens with zero attached hydrogens (tertiary/aromatic N) is 1. The van der Waals surface area contributed by atoms with Crippen molar-refractivity contribution in [2.24, 2.45) is 0 Å². The van der Waals surface area contributed by atoms with E-state index >= 15 is 0 Å². The standard InChI is InChI=1S/C19H20N2O2/c1-23-19(22)9-5-14-4-7-17-16(11-14)6-8-18(17)21-13-15-3-2-10-20-12-15/h2-5,7,9-12,18,21H,6,8,13H2,1H3/b9-5+. The number of rotatable bonds is 5. The molecule has 0 spiro atoms. The summed E-state index contributed by atoms with van der Waals surface area (Å²) in [6, 6.07) is 10.8. The highest BCUT2D eigenvalue weighted by atomic mass is 16.5. The van der Waals surface area contributed by atoms with E-state index in [1.54, 1.807) is 12.3 Å². The Bertz CT molecular complexity index is 711. The number of carbonyl (C=O) groups is 1. The molecule has 1 heterocycles. The quantitative estimate of drug-likeness (QED) is 0.681. The van der Waals surface area contributed by atoms with Crippen molar-refractivity contribution < 1.29 is 9.53 Å². The van der Waals surface area contributed by atoms with Crippen LogP contribution in [0.4, 0.5) is 0 Å². The maximum Gasteiger partial charge on any atom is 0.330 e. The van der Waals surface area contributed by atoms with Crippen molar-refractivity contribution in [1.29, 1.82) is 0 Å². The molecule has 0 saturated carbocycles. The Balaban J connectivity index is 1.66. The van der Waals surface area contributed by atoms with Gasteiger partial charge in [0.05, 0.1) is 7.11 Å². The predicted octanol–water partition coefficient (Wildman–Crippen LogP) is 3.04. The molecule has 4 nitrogen and oxygen atoms in total. The molecule has 23 heavy (non-hydrogen) atoms. The molecule has 0 amide bonds. The number of hydrogen-bond donors (Lipinski definition) is 1. The van der Waals surface area contributed by atoms with E-state index in [1.165, 1.54) is 29.9 Å².